The Morgan fingerprint density at radius 1 is 1.21 bits per heavy atom. The van der Waals surface area contributed by atoms with E-state index in [1.807, 2.05) is 24.3 Å². The molecule has 1 saturated heterocycles. The molecule has 2 rings (SSSR count). The van der Waals surface area contributed by atoms with Crippen LogP contribution in [0.1, 0.15) is 24.0 Å². The second-order valence-electron chi connectivity index (χ2n) is 5.13. The number of sulfone groups is 1. The van der Waals surface area contributed by atoms with Crippen molar-refractivity contribution in [2.75, 3.05) is 18.1 Å². The maximum atomic E-state index is 11.5. The lowest BCUT2D eigenvalue weighted by molar-refractivity contribution is 0.282. The van der Waals surface area contributed by atoms with Crippen molar-refractivity contribution in [1.29, 1.82) is 0 Å². The fourth-order valence-electron chi connectivity index (χ4n) is 2.42. The molecule has 2 N–H and O–H groups in total. The highest BCUT2D eigenvalue weighted by molar-refractivity contribution is 7.91. The molecule has 19 heavy (non-hydrogen) atoms. The van der Waals surface area contributed by atoms with Crippen LogP contribution >= 0.6 is 0 Å². The molecule has 1 aromatic rings. The van der Waals surface area contributed by atoms with E-state index in [0.29, 0.717) is 5.75 Å². The molecule has 106 valence electrons. The lowest BCUT2D eigenvalue weighted by Gasteiger charge is -2.23. The molecule has 4 nitrogen and oxygen atoms in total. The highest BCUT2D eigenvalue weighted by Crippen LogP contribution is 2.12. The van der Waals surface area contributed by atoms with Crippen LogP contribution in [0.5, 0.6) is 0 Å². The highest BCUT2D eigenvalue weighted by Gasteiger charge is 2.23. The Hall–Kier alpha value is -0.910. The molecule has 1 unspecified atom stereocenters. The van der Waals surface area contributed by atoms with Gasteiger partial charge in [0.25, 0.3) is 0 Å². The molecule has 0 spiro atoms. The van der Waals surface area contributed by atoms with Gasteiger partial charge in [-0.15, -0.1) is 0 Å². The molecule has 1 aromatic carbocycles. The lowest BCUT2D eigenvalue weighted by atomic mass is 10.1. The van der Waals surface area contributed by atoms with Crippen LogP contribution in [0, 0.1) is 0 Å². The standard InChI is InChI=1S/C14H21NO3S/c16-10-13-5-3-12(4-6-13)7-8-15-14-2-1-9-19(17,18)11-14/h3-6,14-16H,1-2,7-11H2. The zero-order valence-corrected chi connectivity index (χ0v) is 11.8. The van der Waals surface area contributed by atoms with E-state index in [2.05, 4.69) is 5.32 Å². The monoisotopic (exact) mass is 283 g/mol. The molecule has 1 heterocycles. The van der Waals surface area contributed by atoms with Crippen LogP contribution in [0.25, 0.3) is 0 Å². The molecule has 1 atom stereocenters. The zero-order valence-electron chi connectivity index (χ0n) is 11.0. The first-order valence-electron chi connectivity index (χ1n) is 6.71. The van der Waals surface area contributed by atoms with Gasteiger partial charge in [-0.3, -0.25) is 0 Å². The van der Waals surface area contributed by atoms with Crippen molar-refractivity contribution in [2.45, 2.75) is 31.9 Å². The van der Waals surface area contributed by atoms with Crippen LogP contribution in [0.2, 0.25) is 0 Å². The lowest BCUT2D eigenvalue weighted by Crippen LogP contribution is -2.40. The summed E-state index contributed by atoms with van der Waals surface area (Å²) in [6.45, 7) is 0.858. The molecule has 1 fully saturated rings. The van der Waals surface area contributed by atoms with Crippen molar-refractivity contribution in [2.24, 2.45) is 0 Å². The zero-order chi connectivity index (χ0) is 13.7. The van der Waals surface area contributed by atoms with E-state index < -0.39 is 9.84 Å². The van der Waals surface area contributed by atoms with Crippen molar-refractivity contribution < 1.29 is 13.5 Å². The molecular formula is C14H21NO3S. The van der Waals surface area contributed by atoms with E-state index >= 15 is 0 Å². The maximum Gasteiger partial charge on any atom is 0.151 e. The van der Waals surface area contributed by atoms with Crippen LogP contribution in [0.3, 0.4) is 0 Å². The van der Waals surface area contributed by atoms with E-state index in [0.717, 1.165) is 31.4 Å². The summed E-state index contributed by atoms with van der Waals surface area (Å²) in [5.41, 5.74) is 2.11. The summed E-state index contributed by atoms with van der Waals surface area (Å²) < 4.78 is 23.0. The number of benzene rings is 1. The molecule has 0 aromatic heterocycles. The largest absolute Gasteiger partial charge is 0.392 e. The third-order valence-corrected chi connectivity index (χ3v) is 5.34. The van der Waals surface area contributed by atoms with Gasteiger partial charge in [-0.1, -0.05) is 24.3 Å². The Labute approximate surface area is 114 Å². The fraction of sp³-hybridized carbons (Fsp3) is 0.571. The number of hydrogen-bond donors (Lipinski definition) is 2. The summed E-state index contributed by atoms with van der Waals surface area (Å²) >= 11 is 0. The average molecular weight is 283 g/mol. The van der Waals surface area contributed by atoms with Crippen molar-refractivity contribution in [1.82, 2.24) is 5.32 Å². The van der Waals surface area contributed by atoms with Gasteiger partial charge < -0.3 is 10.4 Å². The summed E-state index contributed by atoms with van der Waals surface area (Å²) in [5.74, 6) is 0.615. The van der Waals surface area contributed by atoms with Gasteiger partial charge >= 0.3 is 0 Å². The minimum Gasteiger partial charge on any atom is -0.392 e. The molecule has 1 aliphatic rings. The minimum absolute atomic E-state index is 0.0679. The van der Waals surface area contributed by atoms with Crippen molar-refractivity contribution in [3.8, 4) is 0 Å². The molecule has 0 aliphatic carbocycles. The predicted octanol–water partition coefficient (Wildman–Crippen LogP) is 0.888. The van der Waals surface area contributed by atoms with Crippen LogP contribution < -0.4 is 5.32 Å². The van der Waals surface area contributed by atoms with Crippen LogP contribution in [-0.2, 0) is 22.9 Å². The molecule has 0 bridgehead atoms. The van der Waals surface area contributed by atoms with Gasteiger partial charge in [0, 0.05) is 6.04 Å². The van der Waals surface area contributed by atoms with E-state index in [4.69, 9.17) is 5.11 Å². The van der Waals surface area contributed by atoms with Gasteiger partial charge in [-0.2, -0.15) is 0 Å². The normalized spacial score (nSPS) is 22.3. The first-order chi connectivity index (χ1) is 9.09. The highest BCUT2D eigenvalue weighted by atomic mass is 32.2. The Morgan fingerprint density at radius 2 is 1.89 bits per heavy atom. The van der Waals surface area contributed by atoms with E-state index in [1.54, 1.807) is 0 Å². The first-order valence-corrected chi connectivity index (χ1v) is 8.54. The summed E-state index contributed by atoms with van der Waals surface area (Å²) in [6.07, 6.45) is 2.59. The molecule has 0 amide bonds. The average Bonchev–Trinajstić information content (AvgIpc) is 2.38. The number of hydrogen-bond acceptors (Lipinski definition) is 4. The Kier molecular flexibility index (Phi) is 4.96. The Balaban J connectivity index is 1.76. The SMILES string of the molecule is O=S1(=O)CCCC(NCCc2ccc(CO)cc2)C1. The van der Waals surface area contributed by atoms with Crippen LogP contribution in [0.4, 0.5) is 0 Å². The second-order valence-corrected chi connectivity index (χ2v) is 7.36. The second kappa shape index (κ2) is 6.50. The summed E-state index contributed by atoms with van der Waals surface area (Å²) in [4.78, 5) is 0. The van der Waals surface area contributed by atoms with E-state index in [1.165, 1.54) is 5.56 Å². The number of rotatable bonds is 5. The summed E-state index contributed by atoms with van der Waals surface area (Å²) in [7, 11) is -2.83. The van der Waals surface area contributed by atoms with Crippen molar-refractivity contribution in [3.63, 3.8) is 0 Å². The third-order valence-electron chi connectivity index (χ3n) is 3.52. The van der Waals surface area contributed by atoms with Gasteiger partial charge in [-0.25, -0.2) is 8.42 Å². The van der Waals surface area contributed by atoms with Crippen molar-refractivity contribution in [3.05, 3.63) is 35.4 Å². The van der Waals surface area contributed by atoms with Crippen LogP contribution in [0.15, 0.2) is 24.3 Å². The molecular weight excluding hydrogens is 262 g/mol. The third kappa shape index (κ3) is 4.60. The van der Waals surface area contributed by atoms with Gasteiger partial charge in [0.2, 0.25) is 0 Å². The minimum atomic E-state index is -2.83. The fourth-order valence-corrected chi connectivity index (χ4v) is 4.09. The van der Waals surface area contributed by atoms with Gasteiger partial charge in [0.1, 0.15) is 0 Å². The van der Waals surface area contributed by atoms with Crippen LogP contribution in [-0.4, -0.2) is 37.6 Å². The summed E-state index contributed by atoms with van der Waals surface area (Å²) in [5, 5.41) is 12.3. The molecule has 0 saturated carbocycles. The Bertz CT molecular complexity index is 496. The van der Waals surface area contributed by atoms with Gasteiger partial charge in [0.05, 0.1) is 18.1 Å². The number of nitrogens with one attached hydrogen (secondary N) is 1. The summed E-state index contributed by atoms with van der Waals surface area (Å²) in [6, 6.07) is 7.95. The number of aliphatic hydroxyl groups excluding tert-OH is 1. The topological polar surface area (TPSA) is 66.4 Å². The maximum absolute atomic E-state index is 11.5. The smallest absolute Gasteiger partial charge is 0.151 e. The van der Waals surface area contributed by atoms with Gasteiger partial charge in [-0.05, 0) is 36.9 Å². The van der Waals surface area contributed by atoms with E-state index in [9.17, 15) is 8.42 Å². The van der Waals surface area contributed by atoms with Gasteiger partial charge in [0.15, 0.2) is 9.84 Å². The van der Waals surface area contributed by atoms with E-state index in [-0.39, 0.29) is 18.4 Å². The first kappa shape index (κ1) is 14.5. The molecule has 1 aliphatic heterocycles. The molecule has 5 heteroatoms. The Morgan fingerprint density at radius 3 is 2.53 bits per heavy atom. The quantitative estimate of drug-likeness (QED) is 0.842. The number of aliphatic hydroxyl groups is 1. The predicted molar refractivity (Wildman–Crippen MR) is 75.7 cm³/mol. The molecule has 0 radical (unpaired) electrons. The van der Waals surface area contributed by atoms with Crippen molar-refractivity contribution >= 4 is 9.84 Å².